The molecule has 4 nitrogen and oxygen atoms in total. The van der Waals surface area contributed by atoms with Crippen LogP contribution in [0, 0.1) is 13.8 Å². The quantitative estimate of drug-likeness (QED) is 0.745. The minimum Gasteiger partial charge on any atom is -0.399 e. The lowest BCUT2D eigenvalue weighted by Gasteiger charge is -2.02. The first-order valence-electron chi connectivity index (χ1n) is 6.86. The Morgan fingerprint density at radius 1 is 1.00 bits per heavy atom. The molecule has 0 amide bonds. The third-order valence-electron chi connectivity index (χ3n) is 3.56. The van der Waals surface area contributed by atoms with E-state index in [4.69, 9.17) is 10.3 Å². The summed E-state index contributed by atoms with van der Waals surface area (Å²) in [5.41, 5.74) is 11.0. The first kappa shape index (κ1) is 13.4. The van der Waals surface area contributed by atoms with E-state index in [9.17, 15) is 0 Å². The van der Waals surface area contributed by atoms with Gasteiger partial charge in [0.15, 0.2) is 5.82 Å². The summed E-state index contributed by atoms with van der Waals surface area (Å²) in [7, 11) is 0. The van der Waals surface area contributed by atoms with Crippen LogP contribution in [-0.4, -0.2) is 10.1 Å². The van der Waals surface area contributed by atoms with Crippen LogP contribution in [0.1, 0.15) is 22.5 Å². The molecule has 1 heterocycles. The predicted octanol–water partition coefficient (Wildman–Crippen LogP) is 3.53. The zero-order chi connectivity index (χ0) is 14.8. The van der Waals surface area contributed by atoms with Crippen LogP contribution in [0.25, 0.3) is 11.5 Å². The zero-order valence-corrected chi connectivity index (χ0v) is 12.1. The lowest BCUT2D eigenvalue weighted by atomic mass is 10.0. The van der Waals surface area contributed by atoms with Gasteiger partial charge < -0.3 is 10.3 Å². The van der Waals surface area contributed by atoms with Gasteiger partial charge in [0.1, 0.15) is 0 Å². The minimum atomic E-state index is 0.522. The maximum Gasteiger partial charge on any atom is 0.257 e. The second-order valence-electron chi connectivity index (χ2n) is 5.23. The van der Waals surface area contributed by atoms with Crippen molar-refractivity contribution in [3.8, 4) is 11.5 Å². The van der Waals surface area contributed by atoms with Crippen molar-refractivity contribution in [2.24, 2.45) is 0 Å². The fraction of sp³-hybridized carbons (Fsp3) is 0.176. The lowest BCUT2D eigenvalue weighted by molar-refractivity contribution is 0.424. The highest BCUT2D eigenvalue weighted by Gasteiger charge is 2.09. The number of aromatic nitrogens is 2. The Hall–Kier alpha value is -2.62. The number of hydrogen-bond donors (Lipinski definition) is 1. The fourth-order valence-corrected chi connectivity index (χ4v) is 2.16. The van der Waals surface area contributed by atoms with E-state index in [-0.39, 0.29) is 0 Å². The minimum absolute atomic E-state index is 0.522. The van der Waals surface area contributed by atoms with Crippen molar-refractivity contribution in [1.29, 1.82) is 0 Å². The number of nitrogens with zero attached hydrogens (tertiary/aromatic N) is 2. The van der Waals surface area contributed by atoms with E-state index < -0.39 is 0 Å². The lowest BCUT2D eigenvalue weighted by Crippen LogP contribution is -1.92. The smallest absolute Gasteiger partial charge is 0.257 e. The average Bonchev–Trinajstić information content (AvgIpc) is 2.92. The van der Waals surface area contributed by atoms with Gasteiger partial charge in [0, 0.05) is 17.7 Å². The molecule has 4 heteroatoms. The Labute approximate surface area is 123 Å². The molecule has 1 aromatic heterocycles. The van der Waals surface area contributed by atoms with Crippen molar-refractivity contribution in [1.82, 2.24) is 10.1 Å². The highest BCUT2D eigenvalue weighted by atomic mass is 16.5. The van der Waals surface area contributed by atoms with Crippen LogP contribution in [-0.2, 0) is 6.42 Å². The van der Waals surface area contributed by atoms with Gasteiger partial charge in [-0.3, -0.25) is 0 Å². The van der Waals surface area contributed by atoms with Gasteiger partial charge in [-0.25, -0.2) is 0 Å². The van der Waals surface area contributed by atoms with E-state index >= 15 is 0 Å². The topological polar surface area (TPSA) is 64.9 Å². The maximum atomic E-state index is 5.67. The third kappa shape index (κ3) is 2.94. The summed E-state index contributed by atoms with van der Waals surface area (Å²) in [5.74, 6) is 1.21. The molecule has 0 aliphatic carbocycles. The van der Waals surface area contributed by atoms with Crippen LogP contribution < -0.4 is 5.73 Å². The predicted molar refractivity (Wildman–Crippen MR) is 82.9 cm³/mol. The first-order chi connectivity index (χ1) is 10.1. The second kappa shape index (κ2) is 5.40. The number of nitrogens with two attached hydrogens (primary N) is 1. The van der Waals surface area contributed by atoms with Crippen molar-refractivity contribution in [2.75, 3.05) is 5.73 Å². The number of nitrogen functional groups attached to an aromatic ring is 1. The van der Waals surface area contributed by atoms with Gasteiger partial charge in [0.25, 0.3) is 5.89 Å². The molecule has 21 heavy (non-hydrogen) atoms. The van der Waals surface area contributed by atoms with Gasteiger partial charge in [-0.15, -0.1) is 0 Å². The molecule has 3 rings (SSSR count). The van der Waals surface area contributed by atoms with Crippen molar-refractivity contribution in [3.05, 3.63) is 65.0 Å². The van der Waals surface area contributed by atoms with Crippen molar-refractivity contribution in [3.63, 3.8) is 0 Å². The molecule has 0 aliphatic heterocycles. The summed E-state index contributed by atoms with van der Waals surface area (Å²) in [5, 5.41) is 4.05. The van der Waals surface area contributed by atoms with Crippen LogP contribution in [0.15, 0.2) is 47.0 Å². The molecule has 0 fully saturated rings. The van der Waals surface area contributed by atoms with Gasteiger partial charge in [-0.1, -0.05) is 23.4 Å². The Balaban J connectivity index is 1.81. The van der Waals surface area contributed by atoms with Crippen LogP contribution in [0.4, 0.5) is 5.69 Å². The molecule has 3 aromatic rings. The number of hydrogen-bond acceptors (Lipinski definition) is 4. The fourth-order valence-electron chi connectivity index (χ4n) is 2.16. The number of rotatable bonds is 3. The molecule has 2 N–H and O–H groups in total. The largest absolute Gasteiger partial charge is 0.399 e. The van der Waals surface area contributed by atoms with Gasteiger partial charge in [-0.2, -0.15) is 4.98 Å². The standard InChI is InChI=1S/C17H17N3O/c1-11-3-4-13(9-12(11)2)10-16-19-17(21-20-16)14-5-7-15(18)8-6-14/h3-9H,10,18H2,1-2H3. The summed E-state index contributed by atoms with van der Waals surface area (Å²) in [6.07, 6.45) is 0.666. The molecule has 0 saturated carbocycles. The monoisotopic (exact) mass is 279 g/mol. The highest BCUT2D eigenvalue weighted by molar-refractivity contribution is 5.56. The third-order valence-corrected chi connectivity index (χ3v) is 3.56. The summed E-state index contributed by atoms with van der Waals surface area (Å²) >= 11 is 0. The van der Waals surface area contributed by atoms with Gasteiger partial charge in [0.05, 0.1) is 0 Å². The van der Waals surface area contributed by atoms with Crippen LogP contribution in [0.2, 0.25) is 0 Å². The van der Waals surface area contributed by atoms with Gasteiger partial charge in [0.2, 0.25) is 0 Å². The molecule has 0 bridgehead atoms. The molecule has 0 spiro atoms. The molecule has 106 valence electrons. The number of anilines is 1. The summed E-state index contributed by atoms with van der Waals surface area (Å²) in [6.45, 7) is 4.21. The Kier molecular flexibility index (Phi) is 3.44. The molecule has 0 atom stereocenters. The van der Waals surface area contributed by atoms with Crippen molar-refractivity contribution < 1.29 is 4.52 Å². The van der Waals surface area contributed by atoms with Crippen LogP contribution >= 0.6 is 0 Å². The van der Waals surface area contributed by atoms with Gasteiger partial charge >= 0.3 is 0 Å². The van der Waals surface area contributed by atoms with E-state index in [2.05, 4.69) is 42.2 Å². The molecule has 2 aromatic carbocycles. The average molecular weight is 279 g/mol. The number of benzene rings is 2. The van der Waals surface area contributed by atoms with E-state index in [1.165, 1.54) is 16.7 Å². The molecule has 0 saturated heterocycles. The summed E-state index contributed by atoms with van der Waals surface area (Å²) in [4.78, 5) is 4.44. The molecular formula is C17H17N3O. The highest BCUT2D eigenvalue weighted by Crippen LogP contribution is 2.20. The Morgan fingerprint density at radius 3 is 2.48 bits per heavy atom. The molecular weight excluding hydrogens is 262 g/mol. The van der Waals surface area contributed by atoms with E-state index in [0.29, 0.717) is 23.8 Å². The maximum absolute atomic E-state index is 5.67. The molecule has 0 unspecified atom stereocenters. The van der Waals surface area contributed by atoms with Crippen molar-refractivity contribution in [2.45, 2.75) is 20.3 Å². The molecule has 0 aliphatic rings. The van der Waals surface area contributed by atoms with E-state index in [1.54, 1.807) is 0 Å². The second-order valence-corrected chi connectivity index (χ2v) is 5.23. The summed E-state index contributed by atoms with van der Waals surface area (Å²) < 4.78 is 5.31. The zero-order valence-electron chi connectivity index (χ0n) is 12.1. The van der Waals surface area contributed by atoms with Gasteiger partial charge in [-0.05, 0) is 54.8 Å². The SMILES string of the molecule is Cc1ccc(Cc2noc(-c3ccc(N)cc3)n2)cc1C. The summed E-state index contributed by atoms with van der Waals surface area (Å²) in [6, 6.07) is 13.8. The van der Waals surface area contributed by atoms with E-state index in [0.717, 1.165) is 5.56 Å². The number of aryl methyl sites for hydroxylation is 2. The Morgan fingerprint density at radius 2 is 1.76 bits per heavy atom. The first-order valence-corrected chi connectivity index (χ1v) is 6.86. The Bertz CT molecular complexity index is 760. The molecule has 0 radical (unpaired) electrons. The van der Waals surface area contributed by atoms with Crippen LogP contribution in [0.3, 0.4) is 0 Å². The van der Waals surface area contributed by atoms with E-state index in [1.807, 2.05) is 24.3 Å². The van der Waals surface area contributed by atoms with Crippen molar-refractivity contribution >= 4 is 5.69 Å². The van der Waals surface area contributed by atoms with Crippen LogP contribution in [0.5, 0.6) is 0 Å². The normalized spacial score (nSPS) is 10.8.